The summed E-state index contributed by atoms with van der Waals surface area (Å²) in [6.45, 7) is 0. The molecule has 35 heavy (non-hydrogen) atoms. The first-order valence-electron chi connectivity index (χ1n) is 12.5. The molecule has 2 atom stereocenters. The zero-order valence-electron chi connectivity index (χ0n) is 20.5. The summed E-state index contributed by atoms with van der Waals surface area (Å²) in [7, 11) is 3.68. The number of ketones is 1. The summed E-state index contributed by atoms with van der Waals surface area (Å²) in [5, 5.41) is 0.0591. The highest BCUT2D eigenvalue weighted by Crippen LogP contribution is 2.42. The summed E-state index contributed by atoms with van der Waals surface area (Å²) < 4.78 is 14.0. The highest BCUT2D eigenvalue weighted by molar-refractivity contribution is 7.97. The van der Waals surface area contributed by atoms with Crippen molar-refractivity contribution in [2.75, 3.05) is 14.2 Å². The molecule has 2 saturated carbocycles. The second-order valence-corrected chi connectivity index (χ2v) is 10.9. The van der Waals surface area contributed by atoms with Crippen LogP contribution >= 0.6 is 11.9 Å². The fourth-order valence-electron chi connectivity index (χ4n) is 5.25. The lowest BCUT2D eigenvalue weighted by molar-refractivity contribution is -0.121. The summed E-state index contributed by atoms with van der Waals surface area (Å²) in [4.78, 5) is 17.2. The molecule has 0 saturated heterocycles. The summed E-state index contributed by atoms with van der Waals surface area (Å²) in [5.74, 6) is 8.75. The van der Waals surface area contributed by atoms with Crippen molar-refractivity contribution in [3.63, 3.8) is 0 Å². The van der Waals surface area contributed by atoms with Crippen LogP contribution in [0.2, 0.25) is 0 Å². The molecule has 0 amide bonds. The third kappa shape index (κ3) is 5.36. The number of methoxy groups -OCH3 is 1. The number of hydrogen-bond donors (Lipinski definition) is 0. The van der Waals surface area contributed by atoms with Gasteiger partial charge in [-0.25, -0.2) is 0 Å². The summed E-state index contributed by atoms with van der Waals surface area (Å²) in [6.07, 6.45) is 9.41. The maximum atomic E-state index is 12.7. The van der Waals surface area contributed by atoms with E-state index in [1.165, 1.54) is 12.8 Å². The molecule has 2 aliphatic carbocycles. The zero-order chi connectivity index (χ0) is 24.3. The molecule has 2 aromatic carbocycles. The lowest BCUT2D eigenvalue weighted by Gasteiger charge is -2.33. The molecule has 0 N–H and O–H groups in total. The van der Waals surface area contributed by atoms with Crippen LogP contribution in [-0.4, -0.2) is 36.7 Å². The van der Waals surface area contributed by atoms with E-state index in [-0.39, 0.29) is 17.3 Å². The molecule has 0 bridgehead atoms. The van der Waals surface area contributed by atoms with E-state index in [1.54, 1.807) is 19.1 Å². The number of ether oxygens (including phenoxy) is 2. The van der Waals surface area contributed by atoms with Crippen LogP contribution in [0.3, 0.4) is 0 Å². The minimum Gasteiger partial charge on any atom is -0.493 e. The Kier molecular flexibility index (Phi) is 7.06. The van der Waals surface area contributed by atoms with Crippen molar-refractivity contribution >= 4 is 24.1 Å². The van der Waals surface area contributed by atoms with Crippen molar-refractivity contribution < 1.29 is 14.3 Å². The van der Waals surface area contributed by atoms with Gasteiger partial charge in [-0.3, -0.25) is 9.79 Å². The molecular formula is C29H32N2O3S. The van der Waals surface area contributed by atoms with Gasteiger partial charge in [0, 0.05) is 25.5 Å². The van der Waals surface area contributed by atoms with Gasteiger partial charge in [0.15, 0.2) is 11.5 Å². The van der Waals surface area contributed by atoms with Gasteiger partial charge >= 0.3 is 0 Å². The minimum absolute atomic E-state index is 0.0591. The van der Waals surface area contributed by atoms with Crippen molar-refractivity contribution in [1.29, 1.82) is 0 Å². The standard InChI is InChI=1S/C29H32N2O3S/c1-31-20-30-28(35-31)22-8-5-7-21(17-22)14-16-29(15-6-9-24(32)19-29)23-12-13-26(33-2)27(18-23)34-25-10-3-4-11-25/h5,7-8,12-13,17-18,20,25,28H,3-4,6,9-11,15,19H2,1-2H3. The molecule has 0 spiro atoms. The number of carbonyl (C=O) groups excluding carboxylic acids is 1. The Balaban J connectivity index is 1.48. The number of hydrogen-bond acceptors (Lipinski definition) is 6. The molecule has 2 aromatic rings. The normalized spacial score (nSPS) is 24.3. The molecule has 3 aliphatic rings. The molecule has 2 fully saturated rings. The molecule has 2 unspecified atom stereocenters. The number of aliphatic imine (C=N–C) groups is 1. The first-order valence-corrected chi connectivity index (χ1v) is 13.3. The summed E-state index contributed by atoms with van der Waals surface area (Å²) in [6, 6.07) is 14.4. The monoisotopic (exact) mass is 488 g/mol. The van der Waals surface area contributed by atoms with E-state index >= 15 is 0 Å². The van der Waals surface area contributed by atoms with Gasteiger partial charge in [0.25, 0.3) is 0 Å². The van der Waals surface area contributed by atoms with Gasteiger partial charge in [0.05, 0.1) is 25.0 Å². The molecule has 6 heteroatoms. The highest BCUT2D eigenvalue weighted by atomic mass is 32.2. The maximum Gasteiger partial charge on any atom is 0.161 e. The Morgan fingerprint density at radius 3 is 2.71 bits per heavy atom. The third-order valence-corrected chi connectivity index (χ3v) is 8.14. The Hall–Kier alpha value is -2.91. The lowest BCUT2D eigenvalue weighted by atomic mass is 9.69. The quantitative estimate of drug-likeness (QED) is 0.378. The van der Waals surface area contributed by atoms with Crippen LogP contribution in [-0.2, 0) is 10.2 Å². The van der Waals surface area contributed by atoms with Crippen LogP contribution in [0, 0.1) is 11.8 Å². The average molecular weight is 489 g/mol. The first kappa shape index (κ1) is 23.8. The summed E-state index contributed by atoms with van der Waals surface area (Å²) >= 11 is 1.68. The predicted octanol–water partition coefficient (Wildman–Crippen LogP) is 6.07. The molecular weight excluding hydrogens is 456 g/mol. The van der Waals surface area contributed by atoms with E-state index in [2.05, 4.69) is 41.1 Å². The van der Waals surface area contributed by atoms with E-state index in [4.69, 9.17) is 9.47 Å². The second-order valence-electron chi connectivity index (χ2n) is 9.69. The number of carbonyl (C=O) groups is 1. The minimum atomic E-state index is -0.522. The number of rotatable bonds is 5. The fraction of sp³-hybridized carbons (Fsp3) is 0.448. The van der Waals surface area contributed by atoms with Crippen LogP contribution in [0.1, 0.15) is 73.4 Å². The number of Topliss-reactive ketones (excluding diaryl/α,β-unsaturated/α-hetero) is 1. The van der Waals surface area contributed by atoms with E-state index < -0.39 is 5.41 Å². The Morgan fingerprint density at radius 2 is 1.97 bits per heavy atom. The number of nitrogens with zero attached hydrogens (tertiary/aromatic N) is 2. The van der Waals surface area contributed by atoms with Gasteiger partial charge in [0.1, 0.15) is 11.2 Å². The van der Waals surface area contributed by atoms with Crippen LogP contribution in [0.4, 0.5) is 0 Å². The van der Waals surface area contributed by atoms with E-state index in [9.17, 15) is 4.79 Å². The van der Waals surface area contributed by atoms with Gasteiger partial charge in [-0.15, -0.1) is 0 Å². The van der Waals surface area contributed by atoms with E-state index in [0.717, 1.165) is 53.9 Å². The van der Waals surface area contributed by atoms with Gasteiger partial charge in [-0.1, -0.05) is 30.0 Å². The van der Waals surface area contributed by atoms with Gasteiger partial charge in [-0.05, 0) is 85.9 Å². The van der Waals surface area contributed by atoms with Crippen molar-refractivity contribution in [3.8, 4) is 23.3 Å². The second kappa shape index (κ2) is 10.4. The zero-order valence-corrected chi connectivity index (χ0v) is 21.3. The maximum absolute atomic E-state index is 12.7. The van der Waals surface area contributed by atoms with Crippen LogP contribution < -0.4 is 9.47 Å². The van der Waals surface area contributed by atoms with E-state index in [0.29, 0.717) is 12.8 Å². The Bertz CT molecular complexity index is 1180. The predicted molar refractivity (Wildman–Crippen MR) is 141 cm³/mol. The largest absolute Gasteiger partial charge is 0.493 e. The fourth-order valence-corrected chi connectivity index (χ4v) is 6.05. The van der Waals surface area contributed by atoms with Crippen LogP contribution in [0.5, 0.6) is 11.5 Å². The van der Waals surface area contributed by atoms with Crippen LogP contribution in [0.15, 0.2) is 47.5 Å². The molecule has 5 rings (SSSR count). The van der Waals surface area contributed by atoms with Crippen LogP contribution in [0.25, 0.3) is 0 Å². The Labute approximate surface area is 212 Å². The van der Waals surface area contributed by atoms with Crippen molar-refractivity contribution in [2.45, 2.75) is 68.3 Å². The van der Waals surface area contributed by atoms with Gasteiger partial charge < -0.3 is 13.8 Å². The SMILES string of the molecule is COc1ccc(C2(C#Cc3cccc(C4N=CN(C)S4)c3)CCCC(=O)C2)cc1OC1CCCC1. The highest BCUT2D eigenvalue weighted by Gasteiger charge is 2.37. The van der Waals surface area contributed by atoms with Crippen molar-refractivity contribution in [3.05, 3.63) is 59.2 Å². The molecule has 182 valence electrons. The smallest absolute Gasteiger partial charge is 0.161 e. The molecule has 0 radical (unpaired) electrons. The van der Waals surface area contributed by atoms with Crippen molar-refractivity contribution in [2.24, 2.45) is 4.99 Å². The van der Waals surface area contributed by atoms with Gasteiger partial charge in [-0.2, -0.15) is 0 Å². The molecule has 0 aromatic heterocycles. The summed E-state index contributed by atoms with van der Waals surface area (Å²) in [5.41, 5.74) is 2.60. The lowest BCUT2D eigenvalue weighted by Crippen LogP contribution is -2.32. The molecule has 1 heterocycles. The molecule has 1 aliphatic heterocycles. The van der Waals surface area contributed by atoms with Gasteiger partial charge in [0.2, 0.25) is 0 Å². The average Bonchev–Trinajstić information content (AvgIpc) is 3.55. The molecule has 5 nitrogen and oxygen atoms in total. The topological polar surface area (TPSA) is 51.1 Å². The first-order chi connectivity index (χ1) is 17.0. The Morgan fingerprint density at radius 1 is 1.11 bits per heavy atom. The van der Waals surface area contributed by atoms with E-state index in [1.807, 2.05) is 35.9 Å². The number of benzene rings is 2. The van der Waals surface area contributed by atoms with Crippen molar-refractivity contribution in [1.82, 2.24) is 4.31 Å². The third-order valence-electron chi connectivity index (χ3n) is 7.12.